The van der Waals surface area contributed by atoms with Gasteiger partial charge >= 0.3 is 0 Å². The van der Waals surface area contributed by atoms with Gasteiger partial charge < -0.3 is 11.1 Å². The Morgan fingerprint density at radius 3 is 2.26 bits per heavy atom. The van der Waals surface area contributed by atoms with E-state index >= 15 is 0 Å². The van der Waals surface area contributed by atoms with E-state index in [4.69, 9.17) is 5.73 Å². The summed E-state index contributed by atoms with van der Waals surface area (Å²) >= 11 is 0. The number of rotatable bonds is 7. The smallest absolute Gasteiger partial charge is 0.231 e. The molecule has 5 heteroatoms. The van der Waals surface area contributed by atoms with Gasteiger partial charge in [0.25, 0.3) is 0 Å². The molecule has 0 aliphatic heterocycles. The van der Waals surface area contributed by atoms with Gasteiger partial charge in [-0.05, 0) is 26.7 Å². The number of nitrogens with one attached hydrogen (secondary N) is 2. The van der Waals surface area contributed by atoms with Crippen molar-refractivity contribution in [3.63, 3.8) is 0 Å². The molecule has 19 heavy (non-hydrogen) atoms. The zero-order valence-electron chi connectivity index (χ0n) is 12.5. The van der Waals surface area contributed by atoms with Crippen LogP contribution < -0.4 is 11.1 Å². The first kappa shape index (κ1) is 15.7. The molecule has 0 aromatic carbocycles. The van der Waals surface area contributed by atoms with E-state index in [2.05, 4.69) is 29.4 Å². The Kier molecular flexibility index (Phi) is 5.54. The molecule has 0 fully saturated rings. The van der Waals surface area contributed by atoms with Crippen LogP contribution in [-0.4, -0.2) is 22.6 Å². The highest BCUT2D eigenvalue weighted by Gasteiger charge is 2.35. The van der Waals surface area contributed by atoms with E-state index < -0.39 is 5.41 Å². The number of nitrogens with two attached hydrogens (primary N) is 1. The number of H-pyrrole nitrogens is 1. The second-order valence-corrected chi connectivity index (χ2v) is 5.25. The van der Waals surface area contributed by atoms with Gasteiger partial charge in [-0.2, -0.15) is 5.10 Å². The maximum absolute atomic E-state index is 12.6. The summed E-state index contributed by atoms with van der Waals surface area (Å²) in [6.07, 6.45) is 3.54. The van der Waals surface area contributed by atoms with Crippen molar-refractivity contribution in [3.8, 4) is 0 Å². The molecule has 0 bridgehead atoms. The maximum atomic E-state index is 12.6. The zero-order chi connectivity index (χ0) is 14.5. The average molecular weight is 266 g/mol. The maximum Gasteiger partial charge on any atom is 0.231 e. The second kappa shape index (κ2) is 6.70. The van der Waals surface area contributed by atoms with Crippen LogP contribution in [0.5, 0.6) is 0 Å². The van der Waals surface area contributed by atoms with Crippen LogP contribution in [0, 0.1) is 19.3 Å². The van der Waals surface area contributed by atoms with E-state index in [0.717, 1.165) is 42.8 Å². The molecule has 0 spiro atoms. The fraction of sp³-hybridized carbons (Fsp3) is 0.714. The van der Waals surface area contributed by atoms with E-state index in [-0.39, 0.29) is 5.91 Å². The lowest BCUT2D eigenvalue weighted by Gasteiger charge is -2.30. The van der Waals surface area contributed by atoms with E-state index in [9.17, 15) is 4.79 Å². The molecule has 108 valence electrons. The van der Waals surface area contributed by atoms with Crippen molar-refractivity contribution in [3.05, 3.63) is 11.4 Å². The average Bonchev–Trinajstić information content (AvgIpc) is 2.70. The minimum Gasteiger partial charge on any atom is -0.329 e. The van der Waals surface area contributed by atoms with E-state index in [1.807, 2.05) is 13.8 Å². The summed E-state index contributed by atoms with van der Waals surface area (Å²) < 4.78 is 0. The monoisotopic (exact) mass is 266 g/mol. The quantitative estimate of drug-likeness (QED) is 0.709. The van der Waals surface area contributed by atoms with Crippen molar-refractivity contribution in [2.45, 2.75) is 53.4 Å². The predicted octanol–water partition coefficient (Wildman–Crippen LogP) is 2.51. The zero-order valence-corrected chi connectivity index (χ0v) is 12.5. The number of aromatic nitrogens is 2. The summed E-state index contributed by atoms with van der Waals surface area (Å²) in [7, 11) is 0. The Balaban J connectivity index is 2.94. The summed E-state index contributed by atoms with van der Waals surface area (Å²) in [4.78, 5) is 12.6. The highest BCUT2D eigenvalue weighted by atomic mass is 16.2. The van der Waals surface area contributed by atoms with Crippen molar-refractivity contribution in [2.75, 3.05) is 11.9 Å². The molecule has 0 aliphatic rings. The summed E-state index contributed by atoms with van der Waals surface area (Å²) in [6.45, 7) is 8.34. The fourth-order valence-corrected chi connectivity index (χ4v) is 2.59. The lowest BCUT2D eigenvalue weighted by atomic mass is 9.78. The molecule has 0 unspecified atom stereocenters. The van der Waals surface area contributed by atoms with Gasteiger partial charge in [0.15, 0.2) is 0 Å². The molecule has 0 aliphatic carbocycles. The van der Waals surface area contributed by atoms with Gasteiger partial charge in [-0.3, -0.25) is 9.89 Å². The number of carbonyl (C=O) groups excluding carboxylic acids is 1. The topological polar surface area (TPSA) is 83.8 Å². The number of hydrogen-bond donors (Lipinski definition) is 3. The first-order chi connectivity index (χ1) is 9.00. The van der Waals surface area contributed by atoms with Crippen LogP contribution in [-0.2, 0) is 4.79 Å². The molecule has 0 atom stereocenters. The molecule has 0 saturated heterocycles. The second-order valence-electron chi connectivity index (χ2n) is 5.25. The first-order valence-electron chi connectivity index (χ1n) is 7.03. The van der Waals surface area contributed by atoms with Gasteiger partial charge in [-0.1, -0.05) is 26.7 Å². The number of hydrogen-bond acceptors (Lipinski definition) is 3. The van der Waals surface area contributed by atoms with Crippen LogP contribution in [0.3, 0.4) is 0 Å². The largest absolute Gasteiger partial charge is 0.329 e. The van der Waals surface area contributed by atoms with Crippen molar-refractivity contribution < 1.29 is 4.79 Å². The van der Waals surface area contributed by atoms with E-state index in [1.165, 1.54) is 0 Å². The summed E-state index contributed by atoms with van der Waals surface area (Å²) in [5.74, 6) is 0.0197. The molecule has 5 nitrogen and oxygen atoms in total. The number of anilines is 1. The Morgan fingerprint density at radius 2 is 1.89 bits per heavy atom. The van der Waals surface area contributed by atoms with E-state index in [0.29, 0.717) is 6.54 Å². The predicted molar refractivity (Wildman–Crippen MR) is 78.0 cm³/mol. The van der Waals surface area contributed by atoms with Crippen LogP contribution >= 0.6 is 0 Å². The molecule has 1 aromatic heterocycles. The minimum absolute atomic E-state index is 0.0197. The van der Waals surface area contributed by atoms with E-state index in [1.54, 1.807) is 0 Å². The van der Waals surface area contributed by atoms with Gasteiger partial charge in [-0.25, -0.2) is 0 Å². The molecule has 0 saturated carbocycles. The number of aryl methyl sites for hydroxylation is 2. The van der Waals surface area contributed by atoms with Crippen LogP contribution in [0.2, 0.25) is 0 Å². The summed E-state index contributed by atoms with van der Waals surface area (Å²) in [5.41, 5.74) is 7.92. The van der Waals surface area contributed by atoms with Crippen LogP contribution in [0.1, 0.15) is 50.9 Å². The molecular formula is C14H26N4O. The van der Waals surface area contributed by atoms with Crippen molar-refractivity contribution in [2.24, 2.45) is 11.1 Å². The number of amides is 1. The minimum atomic E-state index is -0.459. The van der Waals surface area contributed by atoms with Crippen LogP contribution in [0.25, 0.3) is 0 Å². The van der Waals surface area contributed by atoms with Gasteiger partial charge in [0.1, 0.15) is 0 Å². The normalized spacial score (nSPS) is 11.6. The standard InChI is InChI=1S/C14H26N4O/c1-5-7-14(9-15,8-6-2)13(19)16-12-10(3)17-18-11(12)4/h5-9,15H2,1-4H3,(H,16,19)(H,17,18). The molecule has 1 amide bonds. The van der Waals surface area contributed by atoms with Crippen molar-refractivity contribution in [1.82, 2.24) is 10.2 Å². The Morgan fingerprint density at radius 1 is 1.32 bits per heavy atom. The van der Waals surface area contributed by atoms with Gasteiger partial charge in [0.05, 0.1) is 22.5 Å². The summed E-state index contributed by atoms with van der Waals surface area (Å²) in [5, 5.41) is 9.99. The molecular weight excluding hydrogens is 240 g/mol. The van der Waals surface area contributed by atoms with Crippen molar-refractivity contribution in [1.29, 1.82) is 0 Å². The third kappa shape index (κ3) is 3.35. The first-order valence-corrected chi connectivity index (χ1v) is 7.03. The van der Waals surface area contributed by atoms with Crippen molar-refractivity contribution >= 4 is 11.6 Å². The molecule has 4 N–H and O–H groups in total. The number of aromatic amines is 1. The SMILES string of the molecule is CCCC(CN)(CCC)C(=O)Nc1c(C)n[nH]c1C. The summed E-state index contributed by atoms with van der Waals surface area (Å²) in [6, 6.07) is 0. The fourth-order valence-electron chi connectivity index (χ4n) is 2.59. The number of carbonyl (C=O) groups is 1. The molecule has 1 heterocycles. The highest BCUT2D eigenvalue weighted by Crippen LogP contribution is 2.31. The third-order valence-electron chi connectivity index (χ3n) is 3.70. The molecule has 1 rings (SSSR count). The molecule has 0 radical (unpaired) electrons. The van der Waals surface area contributed by atoms with Crippen LogP contribution in [0.15, 0.2) is 0 Å². The van der Waals surface area contributed by atoms with Gasteiger partial charge in [0, 0.05) is 6.54 Å². The van der Waals surface area contributed by atoms with Gasteiger partial charge in [-0.15, -0.1) is 0 Å². The van der Waals surface area contributed by atoms with Gasteiger partial charge in [0.2, 0.25) is 5.91 Å². The number of nitrogens with zero attached hydrogens (tertiary/aromatic N) is 1. The Hall–Kier alpha value is -1.36. The highest BCUT2D eigenvalue weighted by molar-refractivity contribution is 5.96. The molecule has 1 aromatic rings. The lowest BCUT2D eigenvalue weighted by Crippen LogP contribution is -2.42. The Labute approximate surface area is 115 Å². The van der Waals surface area contributed by atoms with Crippen LogP contribution in [0.4, 0.5) is 5.69 Å². The lowest BCUT2D eigenvalue weighted by molar-refractivity contribution is -0.126. The third-order valence-corrected chi connectivity index (χ3v) is 3.70. The Bertz CT molecular complexity index is 400.